The van der Waals surface area contributed by atoms with Gasteiger partial charge in [-0.3, -0.25) is 9.59 Å². The van der Waals surface area contributed by atoms with Gasteiger partial charge in [0.2, 0.25) is 5.91 Å². The van der Waals surface area contributed by atoms with Crippen LogP contribution >= 0.6 is 0 Å². The van der Waals surface area contributed by atoms with Crippen molar-refractivity contribution in [1.82, 2.24) is 15.5 Å². The molecular formula is C14H25N3O4. The zero-order chi connectivity index (χ0) is 15.8. The molecule has 1 aliphatic carbocycles. The van der Waals surface area contributed by atoms with Crippen molar-refractivity contribution in [1.29, 1.82) is 0 Å². The molecule has 0 unspecified atom stereocenters. The monoisotopic (exact) mass is 299 g/mol. The number of hydrogen-bond acceptors (Lipinski definition) is 3. The number of carboxylic acid groups (broad SMARTS) is 1. The Hall–Kier alpha value is -1.79. The van der Waals surface area contributed by atoms with Gasteiger partial charge in [-0.05, 0) is 38.5 Å². The highest BCUT2D eigenvalue weighted by atomic mass is 16.4. The maximum atomic E-state index is 11.8. The predicted molar refractivity (Wildman–Crippen MR) is 77.8 cm³/mol. The lowest BCUT2D eigenvalue weighted by molar-refractivity contribution is -0.143. The van der Waals surface area contributed by atoms with Crippen LogP contribution in [0.3, 0.4) is 0 Å². The third-order valence-electron chi connectivity index (χ3n) is 3.84. The number of carboxylic acids is 1. The van der Waals surface area contributed by atoms with Gasteiger partial charge in [-0.2, -0.15) is 0 Å². The first-order chi connectivity index (χ1) is 9.93. The van der Waals surface area contributed by atoms with Crippen LogP contribution in [0.1, 0.15) is 32.6 Å². The number of aliphatic carboxylic acids is 1. The van der Waals surface area contributed by atoms with E-state index in [9.17, 15) is 14.4 Å². The Kier molecular flexibility index (Phi) is 6.98. The highest BCUT2D eigenvalue weighted by Gasteiger charge is 2.26. The lowest BCUT2D eigenvalue weighted by Crippen LogP contribution is -2.44. The average molecular weight is 299 g/mol. The molecule has 7 heteroatoms. The Bertz CT molecular complexity index is 378. The number of urea groups is 1. The molecule has 21 heavy (non-hydrogen) atoms. The number of nitrogens with zero attached hydrogens (tertiary/aromatic N) is 1. The zero-order valence-corrected chi connectivity index (χ0v) is 12.7. The van der Waals surface area contributed by atoms with Gasteiger partial charge in [-0.15, -0.1) is 0 Å². The lowest BCUT2D eigenvalue weighted by atomic mass is 9.82. The van der Waals surface area contributed by atoms with Gasteiger partial charge in [0.25, 0.3) is 0 Å². The van der Waals surface area contributed by atoms with Crippen molar-refractivity contribution in [2.45, 2.75) is 32.6 Å². The van der Waals surface area contributed by atoms with Crippen LogP contribution in [0.5, 0.6) is 0 Å². The van der Waals surface area contributed by atoms with Crippen molar-refractivity contribution in [2.75, 3.05) is 26.7 Å². The fourth-order valence-corrected chi connectivity index (χ4v) is 2.52. The molecule has 1 fully saturated rings. The summed E-state index contributed by atoms with van der Waals surface area (Å²) in [4.78, 5) is 35.4. The highest BCUT2D eigenvalue weighted by molar-refractivity contribution is 5.83. The quantitative estimate of drug-likeness (QED) is 0.671. The molecular weight excluding hydrogens is 274 g/mol. The minimum atomic E-state index is -0.723. The Morgan fingerprint density at radius 1 is 1.14 bits per heavy atom. The fourth-order valence-electron chi connectivity index (χ4n) is 2.52. The molecule has 0 heterocycles. The van der Waals surface area contributed by atoms with E-state index >= 15 is 0 Å². The maximum absolute atomic E-state index is 11.8. The Morgan fingerprint density at radius 2 is 1.76 bits per heavy atom. The molecule has 120 valence electrons. The largest absolute Gasteiger partial charge is 0.481 e. The molecule has 0 saturated heterocycles. The first-order valence-corrected chi connectivity index (χ1v) is 7.42. The van der Waals surface area contributed by atoms with Crippen LogP contribution in [0.15, 0.2) is 0 Å². The molecule has 1 rings (SSSR count). The van der Waals surface area contributed by atoms with Gasteiger partial charge in [0.15, 0.2) is 0 Å². The van der Waals surface area contributed by atoms with Crippen LogP contribution < -0.4 is 10.6 Å². The highest BCUT2D eigenvalue weighted by Crippen LogP contribution is 2.28. The number of carbonyl (C=O) groups is 3. The van der Waals surface area contributed by atoms with Gasteiger partial charge in [0.05, 0.1) is 5.92 Å². The number of hydrogen-bond donors (Lipinski definition) is 3. The smallest absolute Gasteiger partial charge is 0.317 e. The summed E-state index contributed by atoms with van der Waals surface area (Å²) in [6.07, 6.45) is 2.98. The van der Waals surface area contributed by atoms with Crippen molar-refractivity contribution in [3.63, 3.8) is 0 Å². The molecule has 1 saturated carbocycles. The number of likely N-dealkylation sites (N-methyl/N-ethyl adjacent to an activating group) is 2. The van der Waals surface area contributed by atoms with E-state index in [2.05, 4.69) is 10.6 Å². The third kappa shape index (κ3) is 6.01. The standard InChI is InChI=1S/C14H25N3O4/c1-3-15-12(18)9-17(2)14(21)16-8-10-4-6-11(7-5-10)13(19)20/h10-11H,3-9H2,1-2H3,(H,15,18)(H,16,21)(H,19,20). The Morgan fingerprint density at radius 3 is 2.29 bits per heavy atom. The summed E-state index contributed by atoms with van der Waals surface area (Å²) in [6, 6.07) is -0.276. The average Bonchev–Trinajstić information content (AvgIpc) is 2.45. The van der Waals surface area contributed by atoms with E-state index in [0.717, 1.165) is 12.8 Å². The molecule has 0 spiro atoms. The van der Waals surface area contributed by atoms with Gasteiger partial charge >= 0.3 is 12.0 Å². The van der Waals surface area contributed by atoms with Crippen molar-refractivity contribution >= 4 is 17.9 Å². The van der Waals surface area contributed by atoms with E-state index in [1.165, 1.54) is 4.90 Å². The van der Waals surface area contributed by atoms with Crippen LogP contribution in [0.2, 0.25) is 0 Å². The lowest BCUT2D eigenvalue weighted by Gasteiger charge is -2.27. The first kappa shape index (κ1) is 17.3. The molecule has 0 aromatic heterocycles. The summed E-state index contributed by atoms with van der Waals surface area (Å²) in [5.41, 5.74) is 0. The van der Waals surface area contributed by atoms with Gasteiger partial charge in [-0.1, -0.05) is 0 Å². The van der Waals surface area contributed by atoms with E-state index < -0.39 is 5.97 Å². The summed E-state index contributed by atoms with van der Waals surface area (Å²) in [5, 5.41) is 14.4. The second kappa shape index (κ2) is 8.49. The van der Waals surface area contributed by atoms with Crippen LogP contribution in [0.4, 0.5) is 4.79 Å². The summed E-state index contributed by atoms with van der Waals surface area (Å²) in [7, 11) is 1.58. The number of amides is 3. The molecule has 3 amide bonds. The summed E-state index contributed by atoms with van der Waals surface area (Å²) < 4.78 is 0. The SMILES string of the molecule is CCNC(=O)CN(C)C(=O)NCC1CCC(C(=O)O)CC1. The van der Waals surface area contributed by atoms with E-state index in [-0.39, 0.29) is 24.4 Å². The van der Waals surface area contributed by atoms with E-state index in [0.29, 0.717) is 31.8 Å². The van der Waals surface area contributed by atoms with Gasteiger partial charge < -0.3 is 20.6 Å². The molecule has 7 nitrogen and oxygen atoms in total. The molecule has 0 bridgehead atoms. The van der Waals surface area contributed by atoms with E-state index in [4.69, 9.17) is 5.11 Å². The van der Waals surface area contributed by atoms with Crippen LogP contribution in [0, 0.1) is 11.8 Å². The minimum absolute atomic E-state index is 0.0332. The molecule has 0 aliphatic heterocycles. The van der Waals surface area contributed by atoms with Gasteiger partial charge in [0.1, 0.15) is 6.54 Å². The maximum Gasteiger partial charge on any atom is 0.317 e. The number of nitrogens with one attached hydrogen (secondary N) is 2. The summed E-state index contributed by atoms with van der Waals surface area (Å²) >= 11 is 0. The summed E-state index contributed by atoms with van der Waals surface area (Å²) in [5.74, 6) is -0.823. The van der Waals surface area contributed by atoms with Gasteiger partial charge in [0, 0.05) is 20.1 Å². The van der Waals surface area contributed by atoms with Gasteiger partial charge in [-0.25, -0.2) is 4.79 Å². The van der Waals surface area contributed by atoms with Crippen molar-refractivity contribution < 1.29 is 19.5 Å². The van der Waals surface area contributed by atoms with Crippen molar-refractivity contribution in [3.8, 4) is 0 Å². The second-order valence-corrected chi connectivity index (χ2v) is 5.55. The van der Waals surface area contributed by atoms with Crippen molar-refractivity contribution in [3.05, 3.63) is 0 Å². The molecule has 0 atom stereocenters. The predicted octanol–water partition coefficient (Wildman–Crippen LogP) is 0.655. The van der Waals surface area contributed by atoms with E-state index in [1.54, 1.807) is 7.05 Å². The van der Waals surface area contributed by atoms with E-state index in [1.807, 2.05) is 6.92 Å². The van der Waals surface area contributed by atoms with Crippen LogP contribution in [-0.4, -0.2) is 54.6 Å². The van der Waals surface area contributed by atoms with Crippen LogP contribution in [0.25, 0.3) is 0 Å². The topological polar surface area (TPSA) is 98.7 Å². The third-order valence-corrected chi connectivity index (χ3v) is 3.84. The minimum Gasteiger partial charge on any atom is -0.481 e. The fraction of sp³-hybridized carbons (Fsp3) is 0.786. The van der Waals surface area contributed by atoms with Crippen molar-refractivity contribution in [2.24, 2.45) is 11.8 Å². The number of rotatable bonds is 6. The Balaban J connectivity index is 2.24. The summed E-state index contributed by atoms with van der Waals surface area (Å²) in [6.45, 7) is 2.93. The molecule has 1 aliphatic rings. The molecule has 0 aromatic rings. The molecule has 3 N–H and O–H groups in total. The molecule has 0 aromatic carbocycles. The zero-order valence-electron chi connectivity index (χ0n) is 12.7. The number of carbonyl (C=O) groups excluding carboxylic acids is 2. The Labute approximate surface area is 125 Å². The van der Waals surface area contributed by atoms with Crippen LogP contribution in [-0.2, 0) is 9.59 Å². The molecule has 0 radical (unpaired) electrons. The first-order valence-electron chi connectivity index (χ1n) is 7.42. The second-order valence-electron chi connectivity index (χ2n) is 5.55. The normalized spacial score (nSPS) is 21.4.